The highest BCUT2D eigenvalue weighted by atomic mass is 19.4. The van der Waals surface area contributed by atoms with E-state index in [0.29, 0.717) is 31.4 Å². The Labute approximate surface area is 210 Å². The molecule has 0 aromatic heterocycles. The highest BCUT2D eigenvalue weighted by Gasteiger charge is 2.61. The predicted molar refractivity (Wildman–Crippen MR) is 124 cm³/mol. The minimum Gasteiger partial charge on any atom is -0.479 e. The summed E-state index contributed by atoms with van der Waals surface area (Å²) in [5.74, 6) is -4.07. The van der Waals surface area contributed by atoms with Crippen LogP contribution in [0.1, 0.15) is 50.5 Å². The average Bonchev–Trinajstić information content (AvgIpc) is 3.36. The molecule has 0 radical (unpaired) electrons. The van der Waals surface area contributed by atoms with Crippen molar-refractivity contribution < 1.29 is 42.2 Å². The molecule has 0 spiro atoms. The molecule has 3 aliphatic rings. The number of benzene rings is 1. The normalized spacial score (nSPS) is 31.9. The fourth-order valence-corrected chi connectivity index (χ4v) is 5.12. The van der Waals surface area contributed by atoms with E-state index >= 15 is 0 Å². The summed E-state index contributed by atoms with van der Waals surface area (Å²) in [5.41, 5.74) is -2.93. The third kappa shape index (κ3) is 5.89. The van der Waals surface area contributed by atoms with Gasteiger partial charge in [0.15, 0.2) is 0 Å². The van der Waals surface area contributed by atoms with E-state index in [1.165, 1.54) is 0 Å². The van der Waals surface area contributed by atoms with Gasteiger partial charge in [-0.15, -0.1) is 0 Å². The van der Waals surface area contributed by atoms with Crippen molar-refractivity contribution in [1.29, 1.82) is 0 Å². The van der Waals surface area contributed by atoms with Crippen molar-refractivity contribution in [3.63, 3.8) is 0 Å². The van der Waals surface area contributed by atoms with Gasteiger partial charge in [-0.3, -0.25) is 9.59 Å². The number of carbonyl (C=O) groups excluding carboxylic acids is 2. The molecule has 1 aromatic carbocycles. The predicted octanol–water partition coefficient (Wildman–Crippen LogP) is 3.07. The van der Waals surface area contributed by atoms with Crippen molar-refractivity contribution in [3.8, 4) is 0 Å². The second-order valence-corrected chi connectivity index (χ2v) is 9.96. The largest absolute Gasteiger partial charge is 0.479 e. The van der Waals surface area contributed by atoms with Crippen LogP contribution in [0.4, 0.5) is 23.2 Å². The molecule has 12 heteroatoms. The number of hydrogen-bond acceptors (Lipinski definition) is 5. The molecule has 2 heterocycles. The monoisotopic (exact) mass is 527 g/mol. The lowest BCUT2D eigenvalue weighted by Gasteiger charge is -2.30. The van der Waals surface area contributed by atoms with E-state index in [9.17, 15) is 42.2 Å². The van der Waals surface area contributed by atoms with Crippen LogP contribution in [0.3, 0.4) is 0 Å². The Hall–Kier alpha value is -3.15. The molecule has 4 N–H and O–H groups in total. The molecule has 0 bridgehead atoms. The topological polar surface area (TPSA) is 119 Å². The van der Waals surface area contributed by atoms with E-state index in [-0.39, 0.29) is 37.4 Å². The number of aliphatic hydroxyl groups is 1. The number of anilines is 1. The Kier molecular flexibility index (Phi) is 7.50. The number of carbonyl (C=O) groups is 3. The van der Waals surface area contributed by atoms with Gasteiger partial charge in [0.05, 0.1) is 11.7 Å². The molecule has 1 saturated heterocycles. The first kappa shape index (κ1) is 26.9. The van der Waals surface area contributed by atoms with Crippen LogP contribution >= 0.6 is 0 Å². The zero-order valence-electron chi connectivity index (χ0n) is 19.9. The van der Waals surface area contributed by atoms with Gasteiger partial charge in [0.25, 0.3) is 0 Å². The molecule has 0 unspecified atom stereocenters. The Morgan fingerprint density at radius 2 is 1.92 bits per heavy atom. The number of hydrogen-bond donors (Lipinski definition) is 4. The highest BCUT2D eigenvalue weighted by Crippen LogP contribution is 2.45. The third-order valence-corrected chi connectivity index (χ3v) is 7.20. The highest BCUT2D eigenvalue weighted by molar-refractivity contribution is 5.96. The summed E-state index contributed by atoms with van der Waals surface area (Å²) in [6.07, 6.45) is 0.694. The van der Waals surface area contributed by atoms with Gasteiger partial charge >= 0.3 is 12.1 Å². The van der Waals surface area contributed by atoms with Gasteiger partial charge in [0.2, 0.25) is 11.8 Å². The smallest absolute Gasteiger partial charge is 0.416 e. The molecule has 2 aliphatic heterocycles. The number of nitrogens with zero attached hydrogens (tertiary/aromatic N) is 1. The molecule has 2 amide bonds. The maximum Gasteiger partial charge on any atom is 0.416 e. The molecule has 37 heavy (non-hydrogen) atoms. The zero-order valence-corrected chi connectivity index (χ0v) is 19.9. The van der Waals surface area contributed by atoms with E-state index in [2.05, 4.69) is 10.6 Å². The van der Waals surface area contributed by atoms with E-state index in [4.69, 9.17) is 0 Å². The number of aliphatic hydroxyl groups excluding tert-OH is 1. The summed E-state index contributed by atoms with van der Waals surface area (Å²) in [6.45, 7) is -0.199. The van der Waals surface area contributed by atoms with Crippen molar-refractivity contribution in [2.75, 3.05) is 11.9 Å². The van der Waals surface area contributed by atoms with Gasteiger partial charge in [-0.25, -0.2) is 9.18 Å². The number of aliphatic carboxylic acids is 1. The van der Waals surface area contributed by atoms with E-state index < -0.39 is 59.1 Å². The SMILES string of the molecule is O=C1N[C@]2(C(=O)O)C[C@H]2/C=C\CCCCC[C@H](Nc2cc(F)cc(C(F)(F)F)c2)C(=O)N2C[C@H](O)C[C@@H]12. The first-order chi connectivity index (χ1) is 17.4. The van der Waals surface area contributed by atoms with Gasteiger partial charge in [0, 0.05) is 24.6 Å². The third-order valence-electron chi connectivity index (χ3n) is 7.20. The summed E-state index contributed by atoms with van der Waals surface area (Å²) < 4.78 is 53.6. The molecule has 4 rings (SSSR count). The minimum absolute atomic E-state index is 0.112. The van der Waals surface area contributed by atoms with Gasteiger partial charge in [-0.05, 0) is 43.9 Å². The number of amides is 2. The number of allylic oxidation sites excluding steroid dienone is 1. The number of rotatable bonds is 3. The average molecular weight is 528 g/mol. The fourth-order valence-electron chi connectivity index (χ4n) is 5.12. The number of alkyl halides is 3. The van der Waals surface area contributed by atoms with Crippen molar-refractivity contribution in [2.24, 2.45) is 5.92 Å². The van der Waals surface area contributed by atoms with E-state index in [1.807, 2.05) is 6.08 Å². The van der Waals surface area contributed by atoms with Crippen LogP contribution < -0.4 is 10.6 Å². The molecule has 5 atom stereocenters. The van der Waals surface area contributed by atoms with Crippen molar-refractivity contribution in [2.45, 2.75) is 74.8 Å². The zero-order chi connectivity index (χ0) is 27.0. The molecule has 1 saturated carbocycles. The maximum absolute atomic E-state index is 14.0. The number of nitrogens with one attached hydrogen (secondary N) is 2. The summed E-state index contributed by atoms with van der Waals surface area (Å²) in [6, 6.07) is -0.320. The summed E-state index contributed by atoms with van der Waals surface area (Å²) in [7, 11) is 0. The lowest BCUT2D eigenvalue weighted by Crippen LogP contribution is -2.55. The molecule has 1 aliphatic carbocycles. The van der Waals surface area contributed by atoms with Crippen LogP contribution in [-0.2, 0) is 20.6 Å². The molecule has 2 fully saturated rings. The van der Waals surface area contributed by atoms with Crippen molar-refractivity contribution >= 4 is 23.5 Å². The molecule has 202 valence electrons. The Morgan fingerprint density at radius 1 is 1.16 bits per heavy atom. The van der Waals surface area contributed by atoms with Crippen molar-refractivity contribution in [3.05, 3.63) is 41.7 Å². The second kappa shape index (κ2) is 10.3. The van der Waals surface area contributed by atoms with Gasteiger partial charge in [0.1, 0.15) is 23.4 Å². The number of carboxylic acid groups (broad SMARTS) is 1. The first-order valence-corrected chi connectivity index (χ1v) is 12.3. The molecular formula is C25H29F4N3O5. The van der Waals surface area contributed by atoms with Crippen LogP contribution in [0, 0.1) is 11.7 Å². The minimum atomic E-state index is -4.79. The van der Waals surface area contributed by atoms with Crippen molar-refractivity contribution in [1.82, 2.24) is 10.2 Å². The number of fused-ring (bicyclic) bond motifs is 2. The standard InChI is InChI=1S/C25H29F4N3O5/c26-16-8-15(25(27,28)29)9-17(10-16)30-19-7-5-3-1-2-4-6-14-12-24(14,23(36)37)31-21(34)20-11-18(33)13-32(20)22(19)35/h4,6,8-10,14,18-20,30,33H,1-3,5,7,11-13H2,(H,31,34)(H,36,37)/b6-4-/t14-,18-,19+,20+,24-/m1/s1. The second-order valence-electron chi connectivity index (χ2n) is 9.96. The van der Waals surface area contributed by atoms with Crippen LogP contribution in [0.2, 0.25) is 0 Å². The Balaban J connectivity index is 1.62. The van der Waals surface area contributed by atoms with Gasteiger partial charge < -0.3 is 25.7 Å². The first-order valence-electron chi connectivity index (χ1n) is 12.3. The lowest BCUT2D eigenvalue weighted by atomic mass is 10.0. The lowest BCUT2D eigenvalue weighted by molar-refractivity contribution is -0.145. The quantitative estimate of drug-likeness (QED) is 0.355. The van der Waals surface area contributed by atoms with E-state index in [1.54, 1.807) is 6.08 Å². The Morgan fingerprint density at radius 3 is 2.62 bits per heavy atom. The maximum atomic E-state index is 14.0. The van der Waals surface area contributed by atoms with Gasteiger partial charge in [-0.1, -0.05) is 25.0 Å². The Bertz CT molecular complexity index is 1090. The van der Waals surface area contributed by atoms with Crippen LogP contribution in [-0.4, -0.2) is 63.2 Å². The summed E-state index contributed by atoms with van der Waals surface area (Å²) >= 11 is 0. The number of halogens is 4. The molecular weight excluding hydrogens is 498 g/mol. The van der Waals surface area contributed by atoms with Crippen LogP contribution in [0.5, 0.6) is 0 Å². The number of carboxylic acids is 1. The summed E-state index contributed by atoms with van der Waals surface area (Å²) in [4.78, 5) is 39.8. The van der Waals surface area contributed by atoms with E-state index in [0.717, 1.165) is 17.4 Å². The molecule has 8 nitrogen and oxygen atoms in total. The van der Waals surface area contributed by atoms with Crippen LogP contribution in [0.15, 0.2) is 30.4 Å². The molecule has 1 aromatic rings. The fraction of sp³-hybridized carbons (Fsp3) is 0.560. The summed E-state index contributed by atoms with van der Waals surface area (Å²) in [5, 5.41) is 25.3. The van der Waals surface area contributed by atoms with Crippen LogP contribution in [0.25, 0.3) is 0 Å². The van der Waals surface area contributed by atoms with Gasteiger partial charge in [-0.2, -0.15) is 13.2 Å².